The number of carbonyl (C=O) groups is 1. The number of benzene rings is 2. The Bertz CT molecular complexity index is 1250. The Hall–Kier alpha value is -3.12. The molecular formula is C24H21ClFN3O2. The Morgan fingerprint density at radius 1 is 1.26 bits per heavy atom. The van der Waals surface area contributed by atoms with Crippen molar-refractivity contribution in [2.24, 2.45) is 0 Å². The van der Waals surface area contributed by atoms with Gasteiger partial charge >= 0.3 is 0 Å². The van der Waals surface area contributed by atoms with Crippen molar-refractivity contribution >= 4 is 28.4 Å². The predicted molar refractivity (Wildman–Crippen MR) is 117 cm³/mol. The molecule has 7 heteroatoms. The molecule has 1 aliphatic rings. The van der Waals surface area contributed by atoms with Crippen molar-refractivity contribution in [3.63, 3.8) is 0 Å². The molecule has 1 amide bonds. The number of nitrogens with one attached hydrogen (secondary N) is 1. The van der Waals surface area contributed by atoms with Gasteiger partial charge in [-0.2, -0.15) is 0 Å². The highest BCUT2D eigenvalue weighted by Gasteiger charge is 2.29. The first-order valence-electron chi connectivity index (χ1n) is 10.3. The molecule has 1 fully saturated rings. The van der Waals surface area contributed by atoms with Gasteiger partial charge in [-0.15, -0.1) is 0 Å². The number of aromatic nitrogens is 2. The average Bonchev–Trinajstić information content (AvgIpc) is 3.40. The topological polar surface area (TPSA) is 62.1 Å². The molecule has 0 spiro atoms. The number of halogens is 2. The van der Waals surface area contributed by atoms with Crippen LogP contribution in [0.5, 0.6) is 0 Å². The van der Waals surface area contributed by atoms with E-state index in [0.29, 0.717) is 41.6 Å². The van der Waals surface area contributed by atoms with Crippen LogP contribution in [-0.4, -0.2) is 33.9 Å². The van der Waals surface area contributed by atoms with Crippen LogP contribution in [0.15, 0.2) is 59.1 Å². The van der Waals surface area contributed by atoms with Crippen LogP contribution >= 0.6 is 11.6 Å². The molecule has 31 heavy (non-hydrogen) atoms. The number of fused-ring (bicyclic) bond motifs is 1. The van der Waals surface area contributed by atoms with Gasteiger partial charge in [-0.1, -0.05) is 23.7 Å². The Morgan fingerprint density at radius 2 is 2.16 bits per heavy atom. The van der Waals surface area contributed by atoms with Gasteiger partial charge in [0.2, 0.25) is 0 Å². The summed E-state index contributed by atoms with van der Waals surface area (Å²) in [7, 11) is 0. The maximum Gasteiger partial charge on any atom is 0.270 e. The van der Waals surface area contributed by atoms with Crippen LogP contribution in [0.1, 0.15) is 46.5 Å². The number of aromatic amines is 1. The number of hydrogen-bond donors (Lipinski definition) is 1. The molecule has 1 saturated heterocycles. The minimum absolute atomic E-state index is 0.0487. The third kappa shape index (κ3) is 4.21. The van der Waals surface area contributed by atoms with Crippen LogP contribution in [0.4, 0.5) is 4.39 Å². The van der Waals surface area contributed by atoms with Crippen LogP contribution in [0.3, 0.4) is 0 Å². The molecule has 4 aromatic rings. The van der Waals surface area contributed by atoms with Crippen molar-refractivity contribution in [1.29, 1.82) is 0 Å². The largest absolute Gasteiger partial charge is 0.445 e. The normalized spacial score (nSPS) is 16.7. The Morgan fingerprint density at radius 3 is 3.03 bits per heavy atom. The first-order valence-corrected chi connectivity index (χ1v) is 10.7. The molecule has 0 bridgehead atoms. The number of piperidine rings is 1. The van der Waals surface area contributed by atoms with E-state index in [1.54, 1.807) is 18.3 Å². The molecule has 0 saturated carbocycles. The van der Waals surface area contributed by atoms with Gasteiger partial charge in [-0.05, 0) is 54.8 Å². The number of likely N-dealkylation sites (tertiary alicyclic amines) is 1. The fourth-order valence-corrected chi connectivity index (χ4v) is 4.40. The zero-order valence-electron chi connectivity index (χ0n) is 16.8. The Kier molecular flexibility index (Phi) is 5.24. The van der Waals surface area contributed by atoms with E-state index >= 15 is 0 Å². The summed E-state index contributed by atoms with van der Waals surface area (Å²) in [5.74, 6) is 1.06. The average molecular weight is 438 g/mol. The van der Waals surface area contributed by atoms with E-state index in [0.717, 1.165) is 29.6 Å². The molecule has 1 atom stereocenters. The van der Waals surface area contributed by atoms with Gasteiger partial charge in [0.1, 0.15) is 17.3 Å². The third-order valence-corrected chi connectivity index (χ3v) is 5.95. The van der Waals surface area contributed by atoms with Gasteiger partial charge < -0.3 is 14.3 Å². The van der Waals surface area contributed by atoms with E-state index in [-0.39, 0.29) is 17.6 Å². The maximum atomic E-state index is 13.5. The summed E-state index contributed by atoms with van der Waals surface area (Å²) in [4.78, 5) is 22.4. The van der Waals surface area contributed by atoms with E-state index < -0.39 is 0 Å². The lowest BCUT2D eigenvalue weighted by Gasteiger charge is -2.31. The van der Waals surface area contributed by atoms with Crippen LogP contribution in [0.2, 0.25) is 5.02 Å². The van der Waals surface area contributed by atoms with E-state index in [4.69, 9.17) is 16.0 Å². The Balaban J connectivity index is 1.29. The van der Waals surface area contributed by atoms with E-state index in [1.807, 2.05) is 29.2 Å². The van der Waals surface area contributed by atoms with E-state index in [2.05, 4.69) is 9.97 Å². The molecule has 5 nitrogen and oxygen atoms in total. The predicted octanol–water partition coefficient (Wildman–Crippen LogP) is 5.56. The van der Waals surface area contributed by atoms with Gasteiger partial charge in [0.05, 0.1) is 12.1 Å². The quantitative estimate of drug-likeness (QED) is 0.454. The lowest BCUT2D eigenvalue weighted by atomic mass is 9.97. The van der Waals surface area contributed by atoms with Crippen molar-refractivity contribution in [2.75, 3.05) is 13.1 Å². The van der Waals surface area contributed by atoms with Crippen molar-refractivity contribution in [3.8, 4) is 0 Å². The summed E-state index contributed by atoms with van der Waals surface area (Å²) < 4.78 is 19.5. The van der Waals surface area contributed by atoms with Crippen LogP contribution in [0, 0.1) is 5.82 Å². The number of H-pyrrole nitrogens is 1. The molecule has 3 heterocycles. The number of hydrogen-bond acceptors (Lipinski definition) is 3. The lowest BCUT2D eigenvalue weighted by Crippen LogP contribution is -2.39. The van der Waals surface area contributed by atoms with Crippen LogP contribution < -0.4 is 0 Å². The lowest BCUT2D eigenvalue weighted by molar-refractivity contribution is 0.0693. The third-order valence-electron chi connectivity index (χ3n) is 5.71. The Labute approximate surface area is 183 Å². The number of oxazole rings is 1. The summed E-state index contributed by atoms with van der Waals surface area (Å²) in [6.07, 6.45) is 4.16. The molecule has 0 radical (unpaired) electrons. The van der Waals surface area contributed by atoms with Gasteiger partial charge in [0.15, 0.2) is 5.89 Å². The molecule has 2 aromatic carbocycles. The number of nitrogens with zero attached hydrogens (tertiary/aromatic N) is 2. The smallest absolute Gasteiger partial charge is 0.270 e. The summed E-state index contributed by atoms with van der Waals surface area (Å²) >= 11 is 6.06. The van der Waals surface area contributed by atoms with Gasteiger partial charge in [0.25, 0.3) is 5.91 Å². The van der Waals surface area contributed by atoms with Gasteiger partial charge in [0, 0.05) is 35.4 Å². The fourth-order valence-electron chi connectivity index (χ4n) is 4.19. The van der Waals surface area contributed by atoms with Crippen molar-refractivity contribution in [2.45, 2.75) is 25.2 Å². The van der Waals surface area contributed by atoms with Crippen LogP contribution in [0.25, 0.3) is 10.9 Å². The minimum atomic E-state index is -0.330. The fraction of sp³-hybridized carbons (Fsp3) is 0.250. The number of amides is 1. The van der Waals surface area contributed by atoms with Crippen LogP contribution in [-0.2, 0) is 6.42 Å². The van der Waals surface area contributed by atoms with Crippen molar-refractivity contribution in [1.82, 2.24) is 14.9 Å². The SMILES string of the molecule is O=C(c1cc2ccc(F)cc2[nH]1)N1CCCC(c2ncc(Cc3cccc(Cl)c3)o2)C1. The minimum Gasteiger partial charge on any atom is -0.445 e. The first kappa shape index (κ1) is 19.8. The number of rotatable bonds is 4. The standard InChI is InChI=1S/C24H21ClFN3O2/c25-18-5-1-3-15(9-18)10-20-13-27-23(31-20)17-4-2-8-29(14-17)24(30)22-11-16-6-7-19(26)12-21(16)28-22/h1,3,5-7,9,11-13,17,28H,2,4,8,10,14H2. The molecule has 2 aromatic heterocycles. The molecule has 1 unspecified atom stereocenters. The molecule has 1 N–H and O–H groups in total. The monoisotopic (exact) mass is 437 g/mol. The maximum absolute atomic E-state index is 13.5. The van der Waals surface area contributed by atoms with E-state index in [9.17, 15) is 9.18 Å². The number of carbonyl (C=O) groups excluding carboxylic acids is 1. The second-order valence-corrected chi connectivity index (χ2v) is 8.41. The summed E-state index contributed by atoms with van der Waals surface area (Å²) in [5, 5.41) is 1.51. The second-order valence-electron chi connectivity index (χ2n) is 7.98. The zero-order valence-corrected chi connectivity index (χ0v) is 17.5. The van der Waals surface area contributed by atoms with Crippen molar-refractivity contribution < 1.29 is 13.6 Å². The van der Waals surface area contributed by atoms with Gasteiger partial charge in [-0.25, -0.2) is 9.37 Å². The molecular weight excluding hydrogens is 417 g/mol. The zero-order chi connectivity index (χ0) is 21.4. The second kappa shape index (κ2) is 8.19. The molecule has 158 valence electrons. The first-order chi connectivity index (χ1) is 15.0. The summed E-state index contributed by atoms with van der Waals surface area (Å²) in [6.45, 7) is 1.22. The highest BCUT2D eigenvalue weighted by atomic mass is 35.5. The highest BCUT2D eigenvalue weighted by molar-refractivity contribution is 6.30. The van der Waals surface area contributed by atoms with E-state index in [1.165, 1.54) is 12.1 Å². The summed E-state index contributed by atoms with van der Waals surface area (Å²) in [6, 6.07) is 13.9. The molecule has 5 rings (SSSR count). The highest BCUT2D eigenvalue weighted by Crippen LogP contribution is 2.29. The summed E-state index contributed by atoms with van der Waals surface area (Å²) in [5.41, 5.74) is 2.15. The molecule has 1 aliphatic heterocycles. The van der Waals surface area contributed by atoms with Gasteiger partial charge in [-0.3, -0.25) is 4.79 Å². The molecule has 0 aliphatic carbocycles. The van der Waals surface area contributed by atoms with Crippen molar-refractivity contribution in [3.05, 3.63) is 88.5 Å².